The van der Waals surface area contributed by atoms with Crippen molar-refractivity contribution in [3.8, 4) is 6.07 Å². The fourth-order valence-corrected chi connectivity index (χ4v) is 3.01. The minimum Gasteiger partial charge on any atom is -0.324 e. The maximum Gasteiger partial charge on any atom is 0.241 e. The van der Waals surface area contributed by atoms with E-state index < -0.39 is 22.5 Å². The molecule has 1 amide bonds. The predicted molar refractivity (Wildman–Crippen MR) is 90.8 cm³/mol. The number of hydrogen-bond donors (Lipinski definition) is 2. The summed E-state index contributed by atoms with van der Waals surface area (Å²) in [7, 11) is -3.76. The molecule has 0 fully saturated rings. The summed E-state index contributed by atoms with van der Waals surface area (Å²) < 4.78 is 26.6. The number of carbonyl (C=O) groups is 1. The van der Waals surface area contributed by atoms with E-state index in [1.807, 2.05) is 13.0 Å². The summed E-state index contributed by atoms with van der Waals surface area (Å²) in [6.07, 6.45) is 0.814. The van der Waals surface area contributed by atoms with Gasteiger partial charge in [0.2, 0.25) is 15.9 Å². The first-order chi connectivity index (χ1) is 11.5. The number of aryl methyl sites for hydroxylation is 1. The molecule has 124 valence electrons. The number of nitrogens with zero attached hydrogens (tertiary/aromatic N) is 1. The van der Waals surface area contributed by atoms with Gasteiger partial charge in [-0.2, -0.15) is 5.26 Å². The van der Waals surface area contributed by atoms with Crippen LogP contribution in [0.25, 0.3) is 0 Å². The molecule has 2 aromatic rings. The molecule has 2 rings (SSSR count). The van der Waals surface area contributed by atoms with Gasteiger partial charge in [-0.15, -0.1) is 0 Å². The summed E-state index contributed by atoms with van der Waals surface area (Å²) >= 11 is 0. The maximum absolute atomic E-state index is 12.2. The van der Waals surface area contributed by atoms with Gasteiger partial charge < -0.3 is 5.32 Å². The average Bonchev–Trinajstić information content (AvgIpc) is 2.60. The maximum atomic E-state index is 12.2. The number of amides is 1. The highest BCUT2D eigenvalue weighted by Gasteiger charge is 2.15. The summed E-state index contributed by atoms with van der Waals surface area (Å²) in [4.78, 5) is 12.0. The van der Waals surface area contributed by atoms with E-state index in [1.54, 1.807) is 36.4 Å². The third-order valence-corrected chi connectivity index (χ3v) is 4.80. The molecule has 2 N–H and O–H groups in total. The second-order valence-electron chi connectivity index (χ2n) is 5.03. The zero-order chi connectivity index (χ0) is 17.6. The standard InChI is InChI=1S/C17H17N3O3S/c1-2-13-7-9-15(10-8-13)24(22,23)19-12-17(21)20-16-6-4-3-5-14(16)11-18/h3-10,19H,2,12H2,1H3,(H,20,21). The number of hydrogen-bond acceptors (Lipinski definition) is 4. The molecule has 0 spiro atoms. The second-order valence-corrected chi connectivity index (χ2v) is 6.79. The molecule has 0 aliphatic rings. The fourth-order valence-electron chi connectivity index (χ4n) is 2.03. The Labute approximate surface area is 141 Å². The summed E-state index contributed by atoms with van der Waals surface area (Å²) in [5, 5.41) is 11.5. The highest BCUT2D eigenvalue weighted by Crippen LogP contribution is 2.13. The van der Waals surface area contributed by atoms with E-state index >= 15 is 0 Å². The van der Waals surface area contributed by atoms with Gasteiger partial charge in [0, 0.05) is 0 Å². The van der Waals surface area contributed by atoms with Gasteiger partial charge in [0.1, 0.15) is 6.07 Å². The van der Waals surface area contributed by atoms with Crippen molar-refractivity contribution >= 4 is 21.6 Å². The highest BCUT2D eigenvalue weighted by atomic mass is 32.2. The largest absolute Gasteiger partial charge is 0.324 e. The van der Waals surface area contributed by atoms with Crippen LogP contribution in [0.4, 0.5) is 5.69 Å². The topological polar surface area (TPSA) is 99.1 Å². The van der Waals surface area contributed by atoms with Crippen LogP contribution in [0.3, 0.4) is 0 Å². The lowest BCUT2D eigenvalue weighted by Gasteiger charge is -2.09. The monoisotopic (exact) mass is 343 g/mol. The zero-order valence-corrected chi connectivity index (χ0v) is 13.9. The van der Waals surface area contributed by atoms with Gasteiger partial charge in [0.05, 0.1) is 22.7 Å². The van der Waals surface area contributed by atoms with Gasteiger partial charge >= 0.3 is 0 Å². The van der Waals surface area contributed by atoms with Crippen molar-refractivity contribution in [3.63, 3.8) is 0 Å². The molecule has 0 saturated carbocycles. The molecule has 7 heteroatoms. The molecular formula is C17H17N3O3S. The normalized spacial score (nSPS) is 10.8. The molecule has 0 radical (unpaired) electrons. The Morgan fingerprint density at radius 1 is 1.12 bits per heavy atom. The van der Waals surface area contributed by atoms with Gasteiger partial charge in [0.25, 0.3) is 0 Å². The molecule has 0 saturated heterocycles. The van der Waals surface area contributed by atoms with Crippen LogP contribution < -0.4 is 10.0 Å². The molecule has 6 nitrogen and oxygen atoms in total. The van der Waals surface area contributed by atoms with E-state index in [0.29, 0.717) is 11.3 Å². The summed E-state index contributed by atoms with van der Waals surface area (Å²) in [6.45, 7) is 1.56. The van der Waals surface area contributed by atoms with Crippen molar-refractivity contribution in [1.29, 1.82) is 5.26 Å². The summed E-state index contributed by atoms with van der Waals surface area (Å²) in [5.74, 6) is -0.550. The Morgan fingerprint density at radius 2 is 1.79 bits per heavy atom. The third kappa shape index (κ3) is 4.41. The van der Waals surface area contributed by atoms with Crippen LogP contribution in [0.2, 0.25) is 0 Å². The molecule has 24 heavy (non-hydrogen) atoms. The lowest BCUT2D eigenvalue weighted by molar-refractivity contribution is -0.115. The van der Waals surface area contributed by atoms with Crippen molar-refractivity contribution in [1.82, 2.24) is 4.72 Å². The first kappa shape index (κ1) is 17.7. The Balaban J connectivity index is 2.01. The minimum atomic E-state index is -3.76. The number of rotatable bonds is 6. The van der Waals surface area contributed by atoms with Gasteiger partial charge in [-0.05, 0) is 36.2 Å². The number of carbonyl (C=O) groups excluding carboxylic acids is 1. The molecule has 0 heterocycles. The first-order valence-corrected chi connectivity index (χ1v) is 8.82. The van der Waals surface area contributed by atoms with Gasteiger partial charge in [-0.25, -0.2) is 13.1 Å². The summed E-state index contributed by atoms with van der Waals surface area (Å²) in [5.41, 5.74) is 1.68. The van der Waals surface area contributed by atoms with E-state index in [2.05, 4.69) is 10.0 Å². The number of nitrogens with one attached hydrogen (secondary N) is 2. The third-order valence-electron chi connectivity index (χ3n) is 3.39. The Kier molecular flexibility index (Phi) is 5.68. The predicted octanol–water partition coefficient (Wildman–Crippen LogP) is 2.04. The molecule has 0 unspecified atom stereocenters. The summed E-state index contributed by atoms with van der Waals surface area (Å²) in [6, 6.07) is 14.9. The second kappa shape index (κ2) is 7.73. The fraction of sp³-hybridized carbons (Fsp3) is 0.176. The van der Waals surface area contributed by atoms with Crippen LogP contribution in [-0.4, -0.2) is 20.9 Å². The Bertz CT molecular complexity index is 869. The van der Waals surface area contributed by atoms with Gasteiger partial charge in [-0.1, -0.05) is 31.2 Å². The van der Waals surface area contributed by atoms with Crippen LogP contribution in [0.5, 0.6) is 0 Å². The smallest absolute Gasteiger partial charge is 0.241 e. The quantitative estimate of drug-likeness (QED) is 0.838. The van der Waals surface area contributed by atoms with E-state index in [9.17, 15) is 13.2 Å². The van der Waals surface area contributed by atoms with Crippen LogP contribution in [-0.2, 0) is 21.2 Å². The van der Waals surface area contributed by atoms with Gasteiger partial charge in [0.15, 0.2) is 0 Å². The van der Waals surface area contributed by atoms with Crippen molar-refractivity contribution in [2.45, 2.75) is 18.2 Å². The molecule has 0 aliphatic heterocycles. The zero-order valence-electron chi connectivity index (χ0n) is 13.1. The Hall–Kier alpha value is -2.69. The van der Waals surface area contributed by atoms with Crippen LogP contribution in [0.15, 0.2) is 53.4 Å². The average molecular weight is 343 g/mol. The van der Waals surface area contributed by atoms with Crippen molar-refractivity contribution in [3.05, 3.63) is 59.7 Å². The van der Waals surface area contributed by atoms with Crippen LogP contribution in [0, 0.1) is 11.3 Å². The number of benzene rings is 2. The first-order valence-electron chi connectivity index (χ1n) is 7.34. The van der Waals surface area contributed by atoms with Crippen LogP contribution >= 0.6 is 0 Å². The number of nitriles is 1. The molecular weight excluding hydrogens is 326 g/mol. The number of para-hydroxylation sites is 1. The van der Waals surface area contributed by atoms with E-state index in [-0.39, 0.29) is 4.90 Å². The van der Waals surface area contributed by atoms with E-state index in [4.69, 9.17) is 5.26 Å². The van der Waals surface area contributed by atoms with E-state index in [1.165, 1.54) is 12.1 Å². The Morgan fingerprint density at radius 3 is 2.42 bits per heavy atom. The van der Waals surface area contributed by atoms with Gasteiger partial charge in [-0.3, -0.25) is 4.79 Å². The van der Waals surface area contributed by atoms with Crippen molar-refractivity contribution < 1.29 is 13.2 Å². The molecule has 0 aliphatic carbocycles. The number of anilines is 1. The number of sulfonamides is 1. The molecule has 0 atom stereocenters. The van der Waals surface area contributed by atoms with Crippen LogP contribution in [0.1, 0.15) is 18.1 Å². The van der Waals surface area contributed by atoms with Crippen molar-refractivity contribution in [2.24, 2.45) is 0 Å². The molecule has 0 bridgehead atoms. The molecule has 2 aromatic carbocycles. The van der Waals surface area contributed by atoms with E-state index in [0.717, 1.165) is 12.0 Å². The lowest BCUT2D eigenvalue weighted by Crippen LogP contribution is -2.33. The SMILES string of the molecule is CCc1ccc(S(=O)(=O)NCC(=O)Nc2ccccc2C#N)cc1. The highest BCUT2D eigenvalue weighted by molar-refractivity contribution is 7.89. The lowest BCUT2D eigenvalue weighted by atomic mass is 10.2. The molecule has 0 aromatic heterocycles. The van der Waals surface area contributed by atoms with Crippen molar-refractivity contribution in [2.75, 3.05) is 11.9 Å². The minimum absolute atomic E-state index is 0.102.